The Morgan fingerprint density at radius 1 is 0.933 bits per heavy atom. The SMILES string of the molecule is N=C1CCC(=C=C2CCC(N)CC2)CC1. The quantitative estimate of drug-likeness (QED) is 0.586. The lowest BCUT2D eigenvalue weighted by atomic mass is 9.89. The molecule has 0 saturated heterocycles. The molecule has 0 spiro atoms. The Hall–Kier alpha value is -0.850. The Kier molecular flexibility index (Phi) is 3.40. The highest BCUT2D eigenvalue weighted by Gasteiger charge is 2.13. The number of nitrogens with two attached hydrogens (primary N) is 1. The third-order valence-electron chi connectivity index (χ3n) is 3.44. The predicted molar refractivity (Wildman–Crippen MR) is 63.2 cm³/mol. The van der Waals surface area contributed by atoms with E-state index in [9.17, 15) is 0 Å². The van der Waals surface area contributed by atoms with Crippen molar-refractivity contribution in [2.75, 3.05) is 0 Å². The molecule has 0 aromatic heterocycles. The summed E-state index contributed by atoms with van der Waals surface area (Å²) in [7, 11) is 0. The van der Waals surface area contributed by atoms with Crippen molar-refractivity contribution < 1.29 is 0 Å². The number of allylic oxidation sites excluding steroid dienone is 1. The van der Waals surface area contributed by atoms with Gasteiger partial charge in [0.2, 0.25) is 0 Å². The summed E-state index contributed by atoms with van der Waals surface area (Å²) in [5.41, 5.74) is 13.3. The van der Waals surface area contributed by atoms with E-state index in [1.807, 2.05) is 0 Å². The lowest BCUT2D eigenvalue weighted by Crippen LogP contribution is -2.23. The fourth-order valence-corrected chi connectivity index (χ4v) is 2.34. The first-order valence-corrected chi connectivity index (χ1v) is 6.02. The van der Waals surface area contributed by atoms with E-state index in [1.165, 1.54) is 11.1 Å². The summed E-state index contributed by atoms with van der Waals surface area (Å²) in [6, 6.07) is 0.417. The van der Waals surface area contributed by atoms with Crippen LogP contribution in [0.3, 0.4) is 0 Å². The van der Waals surface area contributed by atoms with Gasteiger partial charge in [0.1, 0.15) is 0 Å². The van der Waals surface area contributed by atoms with Gasteiger partial charge in [0.25, 0.3) is 0 Å². The summed E-state index contributed by atoms with van der Waals surface area (Å²) in [5.74, 6) is 0. The molecule has 0 amide bonds. The Morgan fingerprint density at radius 3 is 2.07 bits per heavy atom. The van der Waals surface area contributed by atoms with Crippen LogP contribution < -0.4 is 5.73 Å². The van der Waals surface area contributed by atoms with Crippen molar-refractivity contribution in [3.05, 3.63) is 16.9 Å². The normalized spacial score (nSPS) is 27.8. The van der Waals surface area contributed by atoms with E-state index in [0.29, 0.717) is 6.04 Å². The third kappa shape index (κ3) is 3.05. The summed E-state index contributed by atoms with van der Waals surface area (Å²) in [4.78, 5) is 0. The average molecular weight is 204 g/mol. The maximum atomic E-state index is 7.56. The summed E-state index contributed by atoms with van der Waals surface area (Å²) in [5, 5.41) is 7.56. The van der Waals surface area contributed by atoms with Gasteiger partial charge in [-0.3, -0.25) is 0 Å². The molecule has 3 N–H and O–H groups in total. The van der Waals surface area contributed by atoms with Gasteiger partial charge in [-0.15, -0.1) is 5.73 Å². The molecular weight excluding hydrogens is 184 g/mol. The van der Waals surface area contributed by atoms with Gasteiger partial charge >= 0.3 is 0 Å². The van der Waals surface area contributed by atoms with Crippen molar-refractivity contribution in [2.45, 2.75) is 57.4 Å². The molecule has 0 atom stereocenters. The molecule has 2 rings (SSSR count). The Morgan fingerprint density at radius 2 is 1.47 bits per heavy atom. The van der Waals surface area contributed by atoms with Crippen LogP contribution in [-0.2, 0) is 0 Å². The standard InChI is InChI=1S/C13H20N2/c14-12-5-1-10(2-6-12)9-11-3-7-13(15)8-4-11/h12,15H,1-8,14H2. The molecule has 2 aliphatic carbocycles. The van der Waals surface area contributed by atoms with Crippen LogP contribution in [0.4, 0.5) is 0 Å². The number of hydrogen-bond acceptors (Lipinski definition) is 2. The van der Waals surface area contributed by atoms with Crippen molar-refractivity contribution in [3.63, 3.8) is 0 Å². The van der Waals surface area contributed by atoms with E-state index in [1.54, 1.807) is 0 Å². The fourth-order valence-electron chi connectivity index (χ4n) is 2.34. The van der Waals surface area contributed by atoms with Crippen molar-refractivity contribution in [1.82, 2.24) is 0 Å². The highest BCUT2D eigenvalue weighted by Crippen LogP contribution is 2.25. The highest BCUT2D eigenvalue weighted by molar-refractivity contribution is 5.82. The zero-order chi connectivity index (χ0) is 10.7. The van der Waals surface area contributed by atoms with Crippen LogP contribution in [-0.4, -0.2) is 11.8 Å². The zero-order valence-electron chi connectivity index (χ0n) is 9.31. The number of nitrogens with one attached hydrogen (secondary N) is 1. The molecular formula is C13H20N2. The maximum absolute atomic E-state index is 7.56. The van der Waals surface area contributed by atoms with Crippen LogP contribution in [0.15, 0.2) is 16.9 Å². The Labute approximate surface area is 91.8 Å². The molecule has 0 aliphatic heterocycles. The van der Waals surface area contributed by atoms with Crippen LogP contribution in [0.5, 0.6) is 0 Å². The molecule has 2 heteroatoms. The molecule has 2 nitrogen and oxygen atoms in total. The minimum absolute atomic E-state index is 0.417. The third-order valence-corrected chi connectivity index (χ3v) is 3.44. The van der Waals surface area contributed by atoms with Gasteiger partial charge in [-0.2, -0.15) is 0 Å². The van der Waals surface area contributed by atoms with Gasteiger partial charge in [-0.1, -0.05) is 0 Å². The smallest absolute Gasteiger partial charge is 0.00959 e. The van der Waals surface area contributed by atoms with E-state index in [-0.39, 0.29) is 0 Å². The molecule has 0 bridgehead atoms. The van der Waals surface area contributed by atoms with Crippen LogP contribution in [0, 0.1) is 5.41 Å². The fraction of sp³-hybridized carbons (Fsp3) is 0.692. The second-order valence-corrected chi connectivity index (χ2v) is 4.77. The first kappa shape index (κ1) is 10.7. The second-order valence-electron chi connectivity index (χ2n) is 4.77. The van der Waals surface area contributed by atoms with Crippen molar-refractivity contribution in [1.29, 1.82) is 5.41 Å². The Balaban J connectivity index is 2.01. The van der Waals surface area contributed by atoms with E-state index in [2.05, 4.69) is 5.73 Å². The first-order valence-electron chi connectivity index (χ1n) is 6.02. The van der Waals surface area contributed by atoms with Gasteiger partial charge < -0.3 is 11.1 Å². The number of hydrogen-bond donors (Lipinski definition) is 2. The van der Waals surface area contributed by atoms with E-state index >= 15 is 0 Å². The molecule has 0 aromatic carbocycles. The molecule has 2 aliphatic rings. The summed E-state index contributed by atoms with van der Waals surface area (Å²) in [6.45, 7) is 0. The van der Waals surface area contributed by atoms with E-state index in [4.69, 9.17) is 11.1 Å². The predicted octanol–water partition coefficient (Wildman–Crippen LogP) is 2.93. The summed E-state index contributed by atoms with van der Waals surface area (Å²) in [6.07, 6.45) is 8.58. The van der Waals surface area contributed by atoms with Gasteiger partial charge in [0, 0.05) is 11.8 Å². The molecule has 82 valence electrons. The molecule has 2 fully saturated rings. The minimum Gasteiger partial charge on any atom is -0.328 e. The minimum atomic E-state index is 0.417. The summed E-state index contributed by atoms with van der Waals surface area (Å²) >= 11 is 0. The van der Waals surface area contributed by atoms with Crippen LogP contribution >= 0.6 is 0 Å². The Bertz CT molecular complexity index is 299. The molecule has 0 unspecified atom stereocenters. The van der Waals surface area contributed by atoms with E-state index in [0.717, 1.165) is 57.1 Å². The molecule has 2 saturated carbocycles. The molecule has 15 heavy (non-hydrogen) atoms. The monoisotopic (exact) mass is 204 g/mol. The van der Waals surface area contributed by atoms with E-state index < -0.39 is 0 Å². The lowest BCUT2D eigenvalue weighted by molar-refractivity contribution is 0.512. The van der Waals surface area contributed by atoms with Crippen molar-refractivity contribution >= 4 is 5.71 Å². The maximum Gasteiger partial charge on any atom is 0.00959 e. The largest absolute Gasteiger partial charge is 0.328 e. The van der Waals surface area contributed by atoms with Crippen molar-refractivity contribution in [2.24, 2.45) is 5.73 Å². The molecule has 0 heterocycles. The molecule has 0 radical (unpaired) electrons. The lowest BCUT2D eigenvalue weighted by Gasteiger charge is -2.19. The average Bonchev–Trinajstić information content (AvgIpc) is 2.25. The van der Waals surface area contributed by atoms with Crippen LogP contribution in [0.2, 0.25) is 0 Å². The van der Waals surface area contributed by atoms with Gasteiger partial charge in [0.05, 0.1) is 0 Å². The number of rotatable bonds is 0. The van der Waals surface area contributed by atoms with Crippen LogP contribution in [0.25, 0.3) is 0 Å². The summed E-state index contributed by atoms with van der Waals surface area (Å²) < 4.78 is 0. The zero-order valence-corrected chi connectivity index (χ0v) is 9.31. The van der Waals surface area contributed by atoms with Gasteiger partial charge in [0.15, 0.2) is 0 Å². The topological polar surface area (TPSA) is 49.9 Å². The van der Waals surface area contributed by atoms with Gasteiger partial charge in [-0.05, 0) is 62.5 Å². The highest BCUT2D eigenvalue weighted by atomic mass is 14.6. The van der Waals surface area contributed by atoms with Crippen LogP contribution in [0.1, 0.15) is 51.4 Å². The second kappa shape index (κ2) is 4.78. The molecule has 0 aromatic rings. The van der Waals surface area contributed by atoms with Crippen molar-refractivity contribution in [3.8, 4) is 0 Å². The first-order chi connectivity index (χ1) is 7.24. The van der Waals surface area contributed by atoms with Gasteiger partial charge in [-0.25, -0.2) is 0 Å².